The highest BCUT2D eigenvalue weighted by molar-refractivity contribution is 7.88. The van der Waals surface area contributed by atoms with Gasteiger partial charge in [0.15, 0.2) is 0 Å². The molecule has 0 aliphatic rings. The molecule has 15 heteroatoms. The number of halogens is 4. The number of carbonyl (C=O) groups is 2. The SMILES string of the molecule is CN(C(=O)[C@H](Cc1cccc(C=NN)c1)Nc1ccc(-c2cc(F)ccc2C#N)cc1)S(C)(=O)=O.O=C(O)C(F)(F)F. The Hall–Kier alpha value is -4.97. The number of carbonyl (C=O) groups excluding carboxylic acids is 1. The Labute approximate surface area is 238 Å². The van der Waals surface area contributed by atoms with Crippen LogP contribution in [-0.2, 0) is 26.0 Å². The van der Waals surface area contributed by atoms with Gasteiger partial charge < -0.3 is 16.3 Å². The number of nitrogens with two attached hydrogens (primary N) is 1. The van der Waals surface area contributed by atoms with Crippen molar-refractivity contribution in [3.63, 3.8) is 0 Å². The Bertz CT molecular complexity index is 1600. The molecule has 0 unspecified atom stereocenters. The molecule has 3 aromatic rings. The molecule has 3 rings (SSSR count). The highest BCUT2D eigenvalue weighted by Gasteiger charge is 2.38. The number of carboxylic acid groups (broad SMARTS) is 1. The third-order valence-corrected chi connectivity index (χ3v) is 6.78. The van der Waals surface area contributed by atoms with Crippen LogP contribution in [0.15, 0.2) is 71.8 Å². The second-order valence-electron chi connectivity index (χ2n) is 8.67. The first-order valence-corrected chi connectivity index (χ1v) is 13.6. The van der Waals surface area contributed by atoms with E-state index in [0.29, 0.717) is 26.7 Å². The number of likely N-dealkylation sites (N-methyl/N-ethyl adjacent to an activating group) is 1. The fourth-order valence-electron chi connectivity index (χ4n) is 3.51. The van der Waals surface area contributed by atoms with E-state index in [4.69, 9.17) is 15.7 Å². The normalized spacial score (nSPS) is 12.0. The molecular formula is C27H25F4N5O5S. The number of sulfonamides is 1. The Kier molecular flexibility index (Phi) is 11.1. The number of amides is 1. The number of nitrogens with zero attached hydrogens (tertiary/aromatic N) is 3. The third-order valence-electron chi connectivity index (χ3n) is 5.60. The van der Waals surface area contributed by atoms with Crippen LogP contribution >= 0.6 is 0 Å². The molecule has 0 fully saturated rings. The molecule has 0 aliphatic carbocycles. The second kappa shape index (κ2) is 14.1. The second-order valence-corrected chi connectivity index (χ2v) is 10.7. The lowest BCUT2D eigenvalue weighted by molar-refractivity contribution is -0.192. The van der Waals surface area contributed by atoms with Gasteiger partial charge in [0.2, 0.25) is 10.0 Å². The van der Waals surface area contributed by atoms with Crippen molar-refractivity contribution >= 4 is 33.8 Å². The van der Waals surface area contributed by atoms with Crippen LogP contribution in [-0.4, -0.2) is 61.4 Å². The lowest BCUT2D eigenvalue weighted by Crippen LogP contribution is -2.44. The maximum atomic E-state index is 13.7. The highest BCUT2D eigenvalue weighted by Crippen LogP contribution is 2.26. The van der Waals surface area contributed by atoms with E-state index in [1.807, 2.05) is 12.1 Å². The molecule has 0 bridgehead atoms. The quantitative estimate of drug-likeness (QED) is 0.151. The number of nitrogens with one attached hydrogen (secondary N) is 1. The van der Waals surface area contributed by atoms with E-state index < -0.39 is 39.9 Å². The van der Waals surface area contributed by atoms with Crippen LogP contribution in [0, 0.1) is 17.1 Å². The van der Waals surface area contributed by atoms with Gasteiger partial charge in [-0.1, -0.05) is 36.4 Å². The average Bonchev–Trinajstić information content (AvgIpc) is 2.92. The van der Waals surface area contributed by atoms with E-state index in [1.165, 1.54) is 31.5 Å². The summed E-state index contributed by atoms with van der Waals surface area (Å²) >= 11 is 0. The molecule has 0 spiro atoms. The van der Waals surface area contributed by atoms with E-state index in [0.717, 1.165) is 17.4 Å². The molecule has 0 aliphatic heterocycles. The van der Waals surface area contributed by atoms with Crippen LogP contribution in [0.4, 0.5) is 23.2 Å². The average molecular weight is 608 g/mol. The van der Waals surface area contributed by atoms with Crippen LogP contribution in [0.25, 0.3) is 11.1 Å². The monoisotopic (exact) mass is 607 g/mol. The van der Waals surface area contributed by atoms with E-state index in [9.17, 15) is 36.0 Å². The summed E-state index contributed by atoms with van der Waals surface area (Å²) < 4.78 is 70.2. The van der Waals surface area contributed by atoms with Gasteiger partial charge >= 0.3 is 12.1 Å². The number of anilines is 1. The zero-order valence-electron chi connectivity index (χ0n) is 22.1. The van der Waals surface area contributed by atoms with Crippen molar-refractivity contribution in [2.24, 2.45) is 10.9 Å². The summed E-state index contributed by atoms with van der Waals surface area (Å²) in [6, 6.07) is 19.0. The molecule has 42 heavy (non-hydrogen) atoms. The molecule has 3 aromatic carbocycles. The first-order chi connectivity index (χ1) is 19.6. The number of aliphatic carboxylic acids is 1. The molecule has 0 heterocycles. The van der Waals surface area contributed by atoms with Gasteiger partial charge in [0, 0.05) is 24.7 Å². The summed E-state index contributed by atoms with van der Waals surface area (Å²) in [5, 5.41) is 23.0. The van der Waals surface area contributed by atoms with Crippen LogP contribution in [0.5, 0.6) is 0 Å². The predicted octanol–water partition coefficient (Wildman–Crippen LogP) is 3.73. The number of hydrazone groups is 1. The predicted molar refractivity (Wildman–Crippen MR) is 147 cm³/mol. The van der Waals surface area contributed by atoms with Crippen molar-refractivity contribution in [1.82, 2.24) is 4.31 Å². The van der Waals surface area contributed by atoms with Gasteiger partial charge in [-0.3, -0.25) is 4.79 Å². The molecular weight excluding hydrogens is 582 g/mol. The largest absolute Gasteiger partial charge is 0.490 e. The smallest absolute Gasteiger partial charge is 0.475 e. The Morgan fingerprint density at radius 2 is 1.76 bits per heavy atom. The molecule has 0 radical (unpaired) electrons. The minimum Gasteiger partial charge on any atom is -0.475 e. The minimum absolute atomic E-state index is 0.190. The molecule has 4 N–H and O–H groups in total. The highest BCUT2D eigenvalue weighted by atomic mass is 32.2. The Morgan fingerprint density at radius 3 is 2.29 bits per heavy atom. The maximum Gasteiger partial charge on any atom is 0.490 e. The molecule has 0 saturated heterocycles. The summed E-state index contributed by atoms with van der Waals surface area (Å²) in [6.07, 6.45) is -2.47. The van der Waals surface area contributed by atoms with Gasteiger partial charge in [-0.25, -0.2) is 21.9 Å². The fourth-order valence-corrected chi connectivity index (χ4v) is 3.96. The first-order valence-electron chi connectivity index (χ1n) is 11.7. The lowest BCUT2D eigenvalue weighted by Gasteiger charge is -2.24. The van der Waals surface area contributed by atoms with Crippen molar-refractivity contribution in [2.75, 3.05) is 18.6 Å². The standard InChI is InChI=1S/C25H24FN5O3S.C2HF3O2/c1-31(35(2,33)34)25(32)24(13-17-4-3-5-18(12-17)16-29-28)30-22-10-7-19(8-11-22)23-14-21(26)9-6-20(23)15-27;3-2(4,5)1(6)7/h3-12,14,16,24,30H,13,28H2,1-2H3;(H,6,7)/t24-;/m0./s1. The molecule has 0 saturated carbocycles. The third kappa shape index (κ3) is 9.59. The van der Waals surface area contributed by atoms with Crippen molar-refractivity contribution < 1.29 is 40.7 Å². The maximum absolute atomic E-state index is 13.7. The number of benzene rings is 3. The topological polar surface area (TPSA) is 166 Å². The number of hydrogen-bond donors (Lipinski definition) is 3. The van der Waals surface area contributed by atoms with Gasteiger partial charge in [0.05, 0.1) is 24.1 Å². The van der Waals surface area contributed by atoms with E-state index in [2.05, 4.69) is 10.4 Å². The summed E-state index contributed by atoms with van der Waals surface area (Å²) in [6.45, 7) is 0. The van der Waals surface area contributed by atoms with Gasteiger partial charge in [-0.2, -0.15) is 23.5 Å². The zero-order valence-corrected chi connectivity index (χ0v) is 22.9. The fraction of sp³-hybridized carbons (Fsp3) is 0.185. The molecule has 222 valence electrons. The van der Waals surface area contributed by atoms with Crippen LogP contribution < -0.4 is 11.2 Å². The van der Waals surface area contributed by atoms with Gasteiger partial charge in [0.1, 0.15) is 11.9 Å². The number of alkyl halides is 3. The number of rotatable bonds is 8. The molecule has 1 amide bonds. The van der Waals surface area contributed by atoms with Gasteiger partial charge in [-0.05, 0) is 47.0 Å². The first kappa shape index (κ1) is 33.2. The number of nitriles is 1. The van der Waals surface area contributed by atoms with E-state index >= 15 is 0 Å². The zero-order chi connectivity index (χ0) is 31.7. The Morgan fingerprint density at radius 1 is 1.14 bits per heavy atom. The number of carboxylic acids is 1. The van der Waals surface area contributed by atoms with Gasteiger partial charge in [-0.15, -0.1) is 0 Å². The van der Waals surface area contributed by atoms with Crippen molar-refractivity contribution in [3.8, 4) is 17.2 Å². The lowest BCUT2D eigenvalue weighted by atomic mass is 9.99. The van der Waals surface area contributed by atoms with Crippen LogP contribution in [0.2, 0.25) is 0 Å². The molecule has 10 nitrogen and oxygen atoms in total. The number of hydrogen-bond acceptors (Lipinski definition) is 8. The summed E-state index contributed by atoms with van der Waals surface area (Å²) in [4.78, 5) is 22.0. The summed E-state index contributed by atoms with van der Waals surface area (Å²) in [5.41, 5.74) is 3.45. The summed E-state index contributed by atoms with van der Waals surface area (Å²) in [7, 11) is -2.55. The minimum atomic E-state index is -5.08. The van der Waals surface area contributed by atoms with Crippen LogP contribution in [0.3, 0.4) is 0 Å². The van der Waals surface area contributed by atoms with Gasteiger partial charge in [0.25, 0.3) is 5.91 Å². The van der Waals surface area contributed by atoms with Crippen molar-refractivity contribution in [3.05, 3.63) is 89.2 Å². The van der Waals surface area contributed by atoms with E-state index in [-0.39, 0.29) is 6.42 Å². The Balaban J connectivity index is 0.000000782. The van der Waals surface area contributed by atoms with E-state index in [1.54, 1.807) is 42.5 Å². The van der Waals surface area contributed by atoms with Crippen molar-refractivity contribution in [1.29, 1.82) is 5.26 Å². The van der Waals surface area contributed by atoms with Crippen molar-refractivity contribution in [2.45, 2.75) is 18.6 Å². The summed E-state index contributed by atoms with van der Waals surface area (Å²) in [5.74, 6) is 1.37. The van der Waals surface area contributed by atoms with Crippen LogP contribution in [0.1, 0.15) is 16.7 Å². The molecule has 0 aromatic heterocycles. The molecule has 1 atom stereocenters.